The fourth-order valence-electron chi connectivity index (χ4n) is 5.10. The zero-order valence-electron chi connectivity index (χ0n) is 31.6. The summed E-state index contributed by atoms with van der Waals surface area (Å²) >= 11 is 0. The molecule has 2 unspecified atom stereocenters. The van der Waals surface area contributed by atoms with Crippen molar-refractivity contribution in [3.63, 3.8) is 0 Å². The van der Waals surface area contributed by atoms with Crippen LogP contribution in [0.1, 0.15) is 87.5 Å². The Balaban J connectivity index is 2.79. The first kappa shape index (κ1) is 45.7. The van der Waals surface area contributed by atoms with Gasteiger partial charge in [0, 0.05) is 6.42 Å². The number of ether oxygens (including phenoxy) is 8. The molecule has 2 aliphatic heterocycles. The average Bonchev–Trinajstić information content (AvgIpc) is 3.34. The highest BCUT2D eigenvalue weighted by atomic mass is 16.8. The van der Waals surface area contributed by atoms with Gasteiger partial charge in [0.05, 0.1) is 24.4 Å². The fraction of sp³-hybridized carbons (Fsp3) is 0.829. The smallest absolute Gasteiger partial charge is 0.317 e. The van der Waals surface area contributed by atoms with Crippen LogP contribution in [0.5, 0.6) is 0 Å². The van der Waals surface area contributed by atoms with Gasteiger partial charge in [0.2, 0.25) is 12.1 Å². The van der Waals surface area contributed by atoms with Crippen molar-refractivity contribution < 1.29 is 87.1 Å². The number of hydrogen-bond donors (Lipinski definition) is 4. The molecule has 0 aromatic heterocycles. The van der Waals surface area contributed by atoms with E-state index in [2.05, 4.69) is 0 Å². The largest absolute Gasteiger partial charge is 0.481 e. The SMILES string of the molecule is CCC(C)C(=O)O[C@H]1[C@@H](O[C@]2(COC(=O)CC(=O)O)O[C@H](CO)[C@@H](O)[C@@H]2O)O[C@H](COC(=O)C(C)C)[C@@H](OC(=O)C(C)CC)[C@@H]1OC(=O)CCC(C)C. The number of aliphatic hydroxyl groups excluding tert-OH is 3. The van der Waals surface area contributed by atoms with Gasteiger partial charge in [-0.15, -0.1) is 0 Å². The Kier molecular flexibility index (Phi) is 18.0. The van der Waals surface area contributed by atoms with Crippen molar-refractivity contribution >= 4 is 35.8 Å². The Morgan fingerprint density at radius 2 is 1.34 bits per heavy atom. The molecule has 0 aromatic carbocycles. The van der Waals surface area contributed by atoms with Gasteiger partial charge in [-0.25, -0.2) is 0 Å². The van der Waals surface area contributed by atoms with E-state index < -0.39 is 135 Å². The minimum Gasteiger partial charge on any atom is -0.481 e. The van der Waals surface area contributed by atoms with Gasteiger partial charge >= 0.3 is 35.8 Å². The minimum atomic E-state index is -2.63. The molecule has 2 heterocycles. The van der Waals surface area contributed by atoms with Crippen molar-refractivity contribution in [1.82, 2.24) is 0 Å². The average molecular weight is 765 g/mol. The van der Waals surface area contributed by atoms with Crippen molar-refractivity contribution in [3.05, 3.63) is 0 Å². The Morgan fingerprint density at radius 3 is 1.83 bits per heavy atom. The summed E-state index contributed by atoms with van der Waals surface area (Å²) < 4.78 is 46.1. The molecule has 0 bridgehead atoms. The number of hydrogen-bond acceptors (Lipinski definition) is 17. The molecule has 2 fully saturated rings. The Hall–Kier alpha value is -3.42. The molecule has 2 aliphatic rings. The Labute approximate surface area is 308 Å². The highest BCUT2D eigenvalue weighted by molar-refractivity contribution is 5.90. The van der Waals surface area contributed by atoms with E-state index in [0.29, 0.717) is 19.3 Å². The summed E-state index contributed by atoms with van der Waals surface area (Å²) in [7, 11) is 0. The molecule has 53 heavy (non-hydrogen) atoms. The number of carboxylic acid groups (broad SMARTS) is 1. The van der Waals surface area contributed by atoms with E-state index in [4.69, 9.17) is 43.0 Å². The lowest BCUT2D eigenvalue weighted by Crippen LogP contribution is -2.66. The van der Waals surface area contributed by atoms with Gasteiger partial charge in [-0.1, -0.05) is 55.4 Å². The zero-order chi connectivity index (χ0) is 40.2. The summed E-state index contributed by atoms with van der Waals surface area (Å²) in [6, 6.07) is 0. The van der Waals surface area contributed by atoms with E-state index in [9.17, 15) is 44.1 Å². The first-order valence-electron chi connectivity index (χ1n) is 17.9. The maximum atomic E-state index is 13.4. The van der Waals surface area contributed by atoms with Gasteiger partial charge in [0.1, 0.15) is 44.1 Å². The van der Waals surface area contributed by atoms with Crippen LogP contribution >= 0.6 is 0 Å². The topological polar surface area (TPSA) is 257 Å². The van der Waals surface area contributed by atoms with E-state index >= 15 is 0 Å². The third-order valence-corrected chi connectivity index (χ3v) is 8.91. The number of carbonyl (C=O) groups is 6. The molecular weight excluding hydrogens is 708 g/mol. The summed E-state index contributed by atoms with van der Waals surface area (Å²) in [6.45, 7) is 10.9. The maximum absolute atomic E-state index is 13.4. The van der Waals surface area contributed by atoms with Gasteiger partial charge < -0.3 is 58.3 Å². The van der Waals surface area contributed by atoms with E-state index in [1.165, 1.54) is 0 Å². The van der Waals surface area contributed by atoms with Gasteiger partial charge in [-0.3, -0.25) is 28.8 Å². The summed E-state index contributed by atoms with van der Waals surface area (Å²) in [5.41, 5.74) is 0. The third kappa shape index (κ3) is 12.8. The lowest BCUT2D eigenvalue weighted by atomic mass is 9.96. The molecule has 0 amide bonds. The van der Waals surface area contributed by atoms with E-state index in [1.807, 2.05) is 13.8 Å². The van der Waals surface area contributed by atoms with Crippen LogP contribution in [0.4, 0.5) is 0 Å². The molecular formula is C35H56O18. The molecule has 18 nitrogen and oxygen atoms in total. The Bertz CT molecular complexity index is 1250. The maximum Gasteiger partial charge on any atom is 0.317 e. The molecule has 0 aromatic rings. The molecule has 11 atom stereocenters. The minimum absolute atomic E-state index is 0.0742. The predicted octanol–water partition coefficient (Wildman–Crippen LogP) is 1.02. The predicted molar refractivity (Wildman–Crippen MR) is 178 cm³/mol. The van der Waals surface area contributed by atoms with Crippen molar-refractivity contribution in [1.29, 1.82) is 0 Å². The van der Waals surface area contributed by atoms with Gasteiger partial charge in [-0.05, 0) is 25.2 Å². The first-order chi connectivity index (χ1) is 24.8. The second kappa shape index (κ2) is 20.9. The molecule has 2 saturated heterocycles. The van der Waals surface area contributed by atoms with E-state index in [-0.39, 0.29) is 12.3 Å². The van der Waals surface area contributed by atoms with Crippen LogP contribution in [0.15, 0.2) is 0 Å². The first-order valence-corrected chi connectivity index (χ1v) is 17.9. The lowest BCUT2D eigenvalue weighted by molar-refractivity contribution is -0.384. The van der Waals surface area contributed by atoms with Crippen LogP contribution in [0.3, 0.4) is 0 Å². The number of aliphatic hydroxyl groups is 3. The van der Waals surface area contributed by atoms with E-state index in [0.717, 1.165) is 0 Å². The molecule has 4 N–H and O–H groups in total. The highest BCUT2D eigenvalue weighted by Gasteiger charge is 2.61. The summed E-state index contributed by atoms with van der Waals surface area (Å²) in [4.78, 5) is 76.1. The summed E-state index contributed by atoms with van der Waals surface area (Å²) in [6.07, 6.45) is -14.3. The highest BCUT2D eigenvalue weighted by Crippen LogP contribution is 2.39. The Morgan fingerprint density at radius 1 is 0.755 bits per heavy atom. The molecule has 0 aliphatic carbocycles. The summed E-state index contributed by atoms with van der Waals surface area (Å²) in [5.74, 6) is -10.5. The van der Waals surface area contributed by atoms with Gasteiger partial charge in [0.15, 0.2) is 18.3 Å². The number of esters is 5. The molecule has 18 heteroatoms. The van der Waals surface area contributed by atoms with Crippen molar-refractivity contribution in [3.8, 4) is 0 Å². The molecule has 0 radical (unpaired) electrons. The normalized spacial score (nSPS) is 29.6. The van der Waals surface area contributed by atoms with Crippen LogP contribution in [-0.2, 0) is 66.7 Å². The number of aliphatic carboxylic acids is 1. The van der Waals surface area contributed by atoms with Crippen molar-refractivity contribution in [2.45, 2.75) is 142 Å². The lowest BCUT2D eigenvalue weighted by Gasteiger charge is -2.47. The van der Waals surface area contributed by atoms with Crippen molar-refractivity contribution in [2.24, 2.45) is 23.7 Å². The zero-order valence-corrected chi connectivity index (χ0v) is 31.6. The van der Waals surface area contributed by atoms with Crippen LogP contribution in [-0.4, -0.2) is 131 Å². The fourth-order valence-corrected chi connectivity index (χ4v) is 5.10. The van der Waals surface area contributed by atoms with Crippen LogP contribution in [0.2, 0.25) is 0 Å². The quantitative estimate of drug-likeness (QED) is 0.0766. The molecule has 0 spiro atoms. The van der Waals surface area contributed by atoms with Crippen LogP contribution < -0.4 is 0 Å². The van der Waals surface area contributed by atoms with Crippen LogP contribution in [0.25, 0.3) is 0 Å². The molecule has 2 rings (SSSR count). The molecule has 0 saturated carbocycles. The number of carbonyl (C=O) groups excluding carboxylic acids is 5. The van der Waals surface area contributed by atoms with Crippen molar-refractivity contribution in [2.75, 3.05) is 19.8 Å². The molecule has 304 valence electrons. The van der Waals surface area contributed by atoms with Crippen LogP contribution in [0, 0.1) is 23.7 Å². The number of rotatable bonds is 20. The van der Waals surface area contributed by atoms with Gasteiger partial charge in [0.25, 0.3) is 0 Å². The second-order valence-corrected chi connectivity index (χ2v) is 14.1. The monoisotopic (exact) mass is 764 g/mol. The number of carboxylic acids is 1. The van der Waals surface area contributed by atoms with E-state index in [1.54, 1.807) is 41.5 Å². The standard InChI is InChI=1S/C35H56O18/c1-9-19(7)32(44)50-27-22(15-46-31(43)18(5)6)48-34(29(51-33(45)20(8)10-2)28(27)49-24(39)12-11-17(3)4)53-35(16-47-25(40)13-23(37)38)30(42)26(41)21(14-36)52-35/h17-22,26-30,34,36,41-42H,9-16H2,1-8H3,(H,37,38)/t19?,20?,21-,22-,26-,27-,28+,29-,30+,34-,35+/m1/s1. The van der Waals surface area contributed by atoms with Gasteiger partial charge in [-0.2, -0.15) is 0 Å². The third-order valence-electron chi connectivity index (χ3n) is 8.91. The second-order valence-electron chi connectivity index (χ2n) is 14.1. The summed E-state index contributed by atoms with van der Waals surface area (Å²) in [5, 5.41) is 40.9.